The first-order valence-corrected chi connectivity index (χ1v) is 10.7. The number of carbonyl (C=O) groups excluding carboxylic acids is 1. The number of piperidine rings is 1. The summed E-state index contributed by atoms with van der Waals surface area (Å²) in [6.45, 7) is 6.52. The molecule has 0 atom stereocenters. The van der Waals surface area contributed by atoms with Crippen molar-refractivity contribution in [3.05, 3.63) is 65.0 Å². The van der Waals surface area contributed by atoms with Gasteiger partial charge in [-0.2, -0.15) is 0 Å². The summed E-state index contributed by atoms with van der Waals surface area (Å²) in [7, 11) is 0. The number of hydrogen-bond acceptors (Lipinski definition) is 4. The molecule has 0 aliphatic carbocycles. The number of aryl methyl sites for hydroxylation is 1. The molecule has 1 fully saturated rings. The molecule has 1 saturated heterocycles. The van der Waals surface area contributed by atoms with Gasteiger partial charge in [0.2, 0.25) is 0 Å². The molecule has 0 radical (unpaired) electrons. The molecule has 0 spiro atoms. The van der Waals surface area contributed by atoms with Crippen molar-refractivity contribution in [1.82, 2.24) is 4.98 Å². The molecule has 1 N–H and O–H groups in total. The molecule has 2 aromatic carbocycles. The van der Waals surface area contributed by atoms with Crippen LogP contribution in [0.1, 0.15) is 35.7 Å². The van der Waals surface area contributed by atoms with E-state index in [1.54, 1.807) is 11.3 Å². The normalized spacial score (nSPS) is 14.9. The van der Waals surface area contributed by atoms with E-state index < -0.39 is 0 Å². The lowest BCUT2D eigenvalue weighted by Gasteiger charge is -2.29. The van der Waals surface area contributed by atoms with Crippen LogP contribution in [-0.4, -0.2) is 24.0 Å². The van der Waals surface area contributed by atoms with Crippen LogP contribution in [0.4, 0.5) is 10.8 Å². The maximum absolute atomic E-state index is 12.4. The van der Waals surface area contributed by atoms with Gasteiger partial charge in [0.25, 0.3) is 5.91 Å². The van der Waals surface area contributed by atoms with Gasteiger partial charge in [-0.05, 0) is 49.9 Å². The van der Waals surface area contributed by atoms with Crippen molar-refractivity contribution in [2.24, 2.45) is 5.92 Å². The van der Waals surface area contributed by atoms with Crippen molar-refractivity contribution >= 4 is 28.1 Å². The zero-order valence-corrected chi connectivity index (χ0v) is 17.1. The van der Waals surface area contributed by atoms with Crippen LogP contribution in [0.25, 0.3) is 11.3 Å². The van der Waals surface area contributed by atoms with Crippen molar-refractivity contribution in [3.63, 3.8) is 0 Å². The molecular formula is C23H25N3OS. The number of nitrogens with zero attached hydrogens (tertiary/aromatic N) is 2. The number of aromatic nitrogens is 1. The third kappa shape index (κ3) is 4.25. The summed E-state index contributed by atoms with van der Waals surface area (Å²) < 4.78 is 0. The molecular weight excluding hydrogens is 366 g/mol. The second-order valence-electron chi connectivity index (χ2n) is 7.58. The van der Waals surface area contributed by atoms with Crippen LogP contribution < -0.4 is 10.2 Å². The highest BCUT2D eigenvalue weighted by Gasteiger charge is 2.18. The first-order valence-electron chi connectivity index (χ1n) is 9.77. The van der Waals surface area contributed by atoms with E-state index in [2.05, 4.69) is 22.5 Å². The third-order valence-electron chi connectivity index (χ3n) is 5.30. The number of thiazole rings is 1. The standard InChI is InChI=1S/C23H25N3OS/c1-16-3-5-19(6-4-16)22(27)24-20-9-7-18(8-10-20)21-15-28-23(25-21)26-13-11-17(2)12-14-26/h3-10,15,17H,11-14H2,1-2H3,(H,24,27). The second-order valence-corrected chi connectivity index (χ2v) is 8.42. The summed E-state index contributed by atoms with van der Waals surface area (Å²) in [6.07, 6.45) is 2.48. The van der Waals surface area contributed by atoms with E-state index in [0.29, 0.717) is 5.56 Å². The minimum atomic E-state index is -0.0944. The van der Waals surface area contributed by atoms with Crippen molar-refractivity contribution < 1.29 is 4.79 Å². The van der Waals surface area contributed by atoms with Crippen LogP contribution in [0.3, 0.4) is 0 Å². The van der Waals surface area contributed by atoms with Gasteiger partial charge in [-0.25, -0.2) is 4.98 Å². The number of amides is 1. The summed E-state index contributed by atoms with van der Waals surface area (Å²) >= 11 is 1.71. The first-order chi connectivity index (χ1) is 13.6. The van der Waals surface area contributed by atoms with Crippen LogP contribution in [0.15, 0.2) is 53.9 Å². The van der Waals surface area contributed by atoms with Gasteiger partial charge in [-0.15, -0.1) is 11.3 Å². The van der Waals surface area contributed by atoms with Gasteiger partial charge in [0.05, 0.1) is 5.69 Å². The first kappa shape index (κ1) is 18.7. The Bertz CT molecular complexity index is 939. The SMILES string of the molecule is Cc1ccc(C(=O)Nc2ccc(-c3csc(N4CCC(C)CC4)n3)cc2)cc1. The highest BCUT2D eigenvalue weighted by molar-refractivity contribution is 7.14. The van der Waals surface area contributed by atoms with Crippen LogP contribution in [-0.2, 0) is 0 Å². The van der Waals surface area contributed by atoms with Crippen LogP contribution >= 0.6 is 11.3 Å². The average Bonchev–Trinajstić information content (AvgIpc) is 3.20. The van der Waals surface area contributed by atoms with Gasteiger partial charge in [0.15, 0.2) is 5.13 Å². The van der Waals surface area contributed by atoms with Gasteiger partial charge in [-0.1, -0.05) is 36.8 Å². The molecule has 144 valence electrons. The molecule has 1 aliphatic heterocycles. The molecule has 1 amide bonds. The van der Waals surface area contributed by atoms with E-state index in [0.717, 1.165) is 46.6 Å². The van der Waals surface area contributed by atoms with E-state index in [4.69, 9.17) is 4.98 Å². The Morgan fingerprint density at radius 2 is 1.75 bits per heavy atom. The lowest BCUT2D eigenvalue weighted by atomic mass is 10.00. The largest absolute Gasteiger partial charge is 0.348 e. The van der Waals surface area contributed by atoms with Gasteiger partial charge in [0.1, 0.15) is 0 Å². The Kier molecular flexibility index (Phi) is 5.44. The second kappa shape index (κ2) is 8.15. The van der Waals surface area contributed by atoms with Crippen molar-refractivity contribution in [3.8, 4) is 11.3 Å². The number of hydrogen-bond donors (Lipinski definition) is 1. The molecule has 2 heterocycles. The van der Waals surface area contributed by atoms with Crippen LogP contribution in [0, 0.1) is 12.8 Å². The summed E-state index contributed by atoms with van der Waals surface area (Å²) in [5.41, 5.74) is 4.66. The molecule has 1 aromatic heterocycles. The lowest BCUT2D eigenvalue weighted by Crippen LogP contribution is -2.32. The third-order valence-corrected chi connectivity index (χ3v) is 6.20. The molecule has 0 bridgehead atoms. The Morgan fingerprint density at radius 3 is 2.43 bits per heavy atom. The number of anilines is 2. The van der Waals surface area contributed by atoms with E-state index >= 15 is 0 Å². The van der Waals surface area contributed by atoms with Gasteiger partial charge >= 0.3 is 0 Å². The predicted octanol–water partition coefficient (Wildman–Crippen LogP) is 5.61. The van der Waals surface area contributed by atoms with Crippen LogP contribution in [0.5, 0.6) is 0 Å². The molecule has 0 unspecified atom stereocenters. The quantitative estimate of drug-likeness (QED) is 0.629. The molecule has 4 rings (SSSR count). The molecule has 28 heavy (non-hydrogen) atoms. The minimum Gasteiger partial charge on any atom is -0.348 e. The highest BCUT2D eigenvalue weighted by atomic mass is 32.1. The zero-order valence-electron chi connectivity index (χ0n) is 16.3. The lowest BCUT2D eigenvalue weighted by molar-refractivity contribution is 0.102. The van der Waals surface area contributed by atoms with Crippen molar-refractivity contribution in [1.29, 1.82) is 0 Å². The van der Waals surface area contributed by atoms with E-state index in [9.17, 15) is 4.79 Å². The van der Waals surface area contributed by atoms with Gasteiger partial charge in [-0.3, -0.25) is 4.79 Å². The molecule has 1 aliphatic rings. The van der Waals surface area contributed by atoms with Crippen LogP contribution in [0.2, 0.25) is 0 Å². The Morgan fingerprint density at radius 1 is 1.07 bits per heavy atom. The Labute approximate surface area is 170 Å². The fourth-order valence-electron chi connectivity index (χ4n) is 3.37. The minimum absolute atomic E-state index is 0.0944. The monoisotopic (exact) mass is 391 g/mol. The number of benzene rings is 2. The van der Waals surface area contributed by atoms with E-state index in [1.807, 2.05) is 55.5 Å². The number of nitrogens with one attached hydrogen (secondary N) is 1. The maximum atomic E-state index is 12.4. The fourth-order valence-corrected chi connectivity index (χ4v) is 4.26. The van der Waals surface area contributed by atoms with Crippen molar-refractivity contribution in [2.45, 2.75) is 26.7 Å². The highest BCUT2D eigenvalue weighted by Crippen LogP contribution is 2.30. The maximum Gasteiger partial charge on any atom is 0.255 e. The van der Waals surface area contributed by atoms with Gasteiger partial charge < -0.3 is 10.2 Å². The van der Waals surface area contributed by atoms with E-state index in [1.165, 1.54) is 12.8 Å². The predicted molar refractivity (Wildman–Crippen MR) is 117 cm³/mol. The topological polar surface area (TPSA) is 45.2 Å². The smallest absolute Gasteiger partial charge is 0.255 e. The summed E-state index contributed by atoms with van der Waals surface area (Å²) in [5, 5.41) is 6.18. The Hall–Kier alpha value is -2.66. The van der Waals surface area contributed by atoms with Gasteiger partial charge in [0, 0.05) is 35.3 Å². The fraction of sp³-hybridized carbons (Fsp3) is 0.304. The average molecular weight is 392 g/mol. The summed E-state index contributed by atoms with van der Waals surface area (Å²) in [6, 6.07) is 15.5. The number of carbonyl (C=O) groups is 1. The van der Waals surface area contributed by atoms with Crippen molar-refractivity contribution in [2.75, 3.05) is 23.3 Å². The van der Waals surface area contributed by atoms with E-state index in [-0.39, 0.29) is 5.91 Å². The summed E-state index contributed by atoms with van der Waals surface area (Å²) in [5.74, 6) is 0.723. The molecule has 3 aromatic rings. The molecule has 5 heteroatoms. The Balaban J connectivity index is 1.42. The number of rotatable bonds is 4. The molecule has 4 nitrogen and oxygen atoms in total. The zero-order chi connectivity index (χ0) is 19.5. The summed E-state index contributed by atoms with van der Waals surface area (Å²) in [4.78, 5) is 19.6. The molecule has 0 saturated carbocycles.